The van der Waals surface area contributed by atoms with E-state index >= 15 is 0 Å². The van der Waals surface area contributed by atoms with Gasteiger partial charge in [0, 0.05) is 18.4 Å². The number of nitrogens with one attached hydrogen (secondary N) is 1. The van der Waals surface area contributed by atoms with Crippen molar-refractivity contribution in [2.75, 3.05) is 5.32 Å². The minimum absolute atomic E-state index is 0.0600. The summed E-state index contributed by atoms with van der Waals surface area (Å²) >= 11 is 0. The number of aliphatic hydroxyl groups excluding tert-OH is 1. The van der Waals surface area contributed by atoms with E-state index in [1.54, 1.807) is 0 Å². The molecule has 0 bridgehead atoms. The number of aryl methyl sites for hydroxylation is 3. The molecule has 0 amide bonds. The first-order chi connectivity index (χ1) is 10.6. The number of aromatic nitrogens is 2. The van der Waals surface area contributed by atoms with Crippen LogP contribution in [0.25, 0.3) is 5.65 Å². The van der Waals surface area contributed by atoms with Gasteiger partial charge in [0.2, 0.25) is 0 Å². The molecule has 4 heteroatoms. The van der Waals surface area contributed by atoms with Gasteiger partial charge in [-0.1, -0.05) is 18.2 Å². The van der Waals surface area contributed by atoms with Crippen LogP contribution in [0, 0.1) is 20.8 Å². The summed E-state index contributed by atoms with van der Waals surface area (Å²) < 4.78 is 2.10. The van der Waals surface area contributed by atoms with Crippen molar-refractivity contribution in [3.8, 4) is 0 Å². The predicted octanol–water partition coefficient (Wildman–Crippen LogP) is 3.36. The van der Waals surface area contributed by atoms with Crippen molar-refractivity contribution in [2.24, 2.45) is 0 Å². The van der Waals surface area contributed by atoms with E-state index in [1.807, 2.05) is 37.4 Å². The van der Waals surface area contributed by atoms with E-state index in [1.165, 1.54) is 5.56 Å². The fourth-order valence-electron chi connectivity index (χ4n) is 2.78. The smallest absolute Gasteiger partial charge is 0.160 e. The number of imidazole rings is 1. The molecule has 3 rings (SSSR count). The largest absolute Gasteiger partial charge is 0.392 e. The normalized spacial score (nSPS) is 11.1. The Balaban J connectivity index is 1.94. The highest BCUT2D eigenvalue weighted by Crippen LogP contribution is 2.21. The highest BCUT2D eigenvalue weighted by Gasteiger charge is 2.09. The van der Waals surface area contributed by atoms with E-state index < -0.39 is 0 Å². The monoisotopic (exact) mass is 295 g/mol. The summed E-state index contributed by atoms with van der Waals surface area (Å²) in [6.45, 7) is 6.90. The summed E-state index contributed by atoms with van der Waals surface area (Å²) in [7, 11) is 0. The number of nitrogens with zero attached hydrogens (tertiary/aromatic N) is 2. The third-order valence-corrected chi connectivity index (χ3v) is 4.26. The molecule has 0 aliphatic rings. The maximum Gasteiger partial charge on any atom is 0.160 e. The van der Waals surface area contributed by atoms with Gasteiger partial charge in [0.1, 0.15) is 0 Å². The lowest BCUT2D eigenvalue weighted by Crippen LogP contribution is -2.06. The summed E-state index contributed by atoms with van der Waals surface area (Å²) in [5.74, 6) is 0. The van der Waals surface area contributed by atoms with Crippen molar-refractivity contribution in [1.82, 2.24) is 9.38 Å². The number of rotatable bonds is 4. The van der Waals surface area contributed by atoms with Crippen LogP contribution in [-0.4, -0.2) is 14.5 Å². The quantitative estimate of drug-likeness (QED) is 0.776. The number of pyridine rings is 1. The van der Waals surface area contributed by atoms with Crippen molar-refractivity contribution in [3.63, 3.8) is 0 Å². The minimum Gasteiger partial charge on any atom is -0.392 e. The Labute approximate surface area is 130 Å². The number of aliphatic hydroxyl groups is 1. The zero-order chi connectivity index (χ0) is 15.7. The van der Waals surface area contributed by atoms with Gasteiger partial charge in [0.25, 0.3) is 0 Å². The Morgan fingerprint density at radius 1 is 1.14 bits per heavy atom. The van der Waals surface area contributed by atoms with Crippen molar-refractivity contribution < 1.29 is 5.11 Å². The molecule has 0 aliphatic carbocycles. The second-order valence-electron chi connectivity index (χ2n) is 5.62. The molecule has 114 valence electrons. The number of benzene rings is 1. The molecular weight excluding hydrogens is 274 g/mol. The lowest BCUT2D eigenvalue weighted by molar-refractivity contribution is 0.280. The van der Waals surface area contributed by atoms with Crippen LogP contribution in [0.15, 0.2) is 36.5 Å². The van der Waals surface area contributed by atoms with Crippen LogP contribution in [0.2, 0.25) is 0 Å². The van der Waals surface area contributed by atoms with Crippen LogP contribution in [0.4, 0.5) is 5.69 Å². The maximum atomic E-state index is 9.51. The Morgan fingerprint density at radius 3 is 2.73 bits per heavy atom. The summed E-state index contributed by atoms with van der Waals surface area (Å²) in [6, 6.07) is 10.1. The molecule has 0 unspecified atom stereocenters. The molecule has 0 spiro atoms. The molecule has 0 radical (unpaired) electrons. The first-order valence-electron chi connectivity index (χ1n) is 7.48. The molecular formula is C18H21N3O. The molecule has 4 nitrogen and oxygen atoms in total. The lowest BCUT2D eigenvalue weighted by atomic mass is 10.0. The molecule has 2 N–H and O–H groups in total. The second-order valence-corrected chi connectivity index (χ2v) is 5.62. The van der Waals surface area contributed by atoms with Gasteiger partial charge >= 0.3 is 0 Å². The fourth-order valence-corrected chi connectivity index (χ4v) is 2.78. The number of anilines is 1. The minimum atomic E-state index is 0.0600. The topological polar surface area (TPSA) is 49.6 Å². The highest BCUT2D eigenvalue weighted by atomic mass is 16.3. The summed E-state index contributed by atoms with van der Waals surface area (Å²) in [6.07, 6.45) is 2.03. The van der Waals surface area contributed by atoms with Gasteiger partial charge in [-0.05, 0) is 49.6 Å². The number of hydrogen-bond acceptors (Lipinski definition) is 3. The average molecular weight is 295 g/mol. The summed E-state index contributed by atoms with van der Waals surface area (Å²) in [5, 5.41) is 13.0. The van der Waals surface area contributed by atoms with Crippen molar-refractivity contribution in [3.05, 3.63) is 64.6 Å². The zero-order valence-corrected chi connectivity index (χ0v) is 13.2. The van der Waals surface area contributed by atoms with E-state index in [4.69, 9.17) is 0 Å². The van der Waals surface area contributed by atoms with Crippen molar-refractivity contribution in [1.29, 1.82) is 0 Å². The van der Waals surface area contributed by atoms with Gasteiger partial charge < -0.3 is 14.8 Å². The van der Waals surface area contributed by atoms with Crippen LogP contribution < -0.4 is 5.32 Å². The Bertz CT molecular complexity index is 821. The fraction of sp³-hybridized carbons (Fsp3) is 0.278. The molecule has 0 atom stereocenters. The maximum absolute atomic E-state index is 9.51. The summed E-state index contributed by atoms with van der Waals surface area (Å²) in [5.41, 5.74) is 7.44. The van der Waals surface area contributed by atoms with Gasteiger partial charge in [0.05, 0.1) is 18.0 Å². The molecule has 0 aliphatic heterocycles. The Kier molecular flexibility index (Phi) is 3.86. The molecule has 0 saturated carbocycles. The molecule has 0 fully saturated rings. The SMILES string of the molecule is Cc1cccc(CO)c1CNc1cccn2c(C)c(C)nc12. The Hall–Kier alpha value is -2.33. The van der Waals surface area contributed by atoms with Gasteiger partial charge in [-0.25, -0.2) is 4.98 Å². The lowest BCUT2D eigenvalue weighted by Gasteiger charge is -2.13. The van der Waals surface area contributed by atoms with Gasteiger partial charge in [-0.3, -0.25) is 0 Å². The zero-order valence-electron chi connectivity index (χ0n) is 13.2. The van der Waals surface area contributed by atoms with Crippen LogP contribution in [0.5, 0.6) is 0 Å². The molecule has 2 heterocycles. The number of fused-ring (bicyclic) bond motifs is 1. The predicted molar refractivity (Wildman–Crippen MR) is 89.1 cm³/mol. The van der Waals surface area contributed by atoms with E-state index in [0.717, 1.165) is 33.8 Å². The van der Waals surface area contributed by atoms with E-state index in [2.05, 4.69) is 34.6 Å². The summed E-state index contributed by atoms with van der Waals surface area (Å²) in [4.78, 5) is 4.64. The molecule has 2 aromatic heterocycles. The van der Waals surface area contributed by atoms with Crippen molar-refractivity contribution >= 4 is 11.3 Å². The molecule has 3 aromatic rings. The van der Waals surface area contributed by atoms with Crippen LogP contribution in [0.3, 0.4) is 0 Å². The van der Waals surface area contributed by atoms with Gasteiger partial charge in [0.15, 0.2) is 5.65 Å². The third-order valence-electron chi connectivity index (χ3n) is 4.26. The Morgan fingerprint density at radius 2 is 1.95 bits per heavy atom. The molecule has 1 aromatic carbocycles. The van der Waals surface area contributed by atoms with E-state index in [-0.39, 0.29) is 6.61 Å². The van der Waals surface area contributed by atoms with E-state index in [0.29, 0.717) is 6.54 Å². The van der Waals surface area contributed by atoms with Crippen molar-refractivity contribution in [2.45, 2.75) is 33.9 Å². The second kappa shape index (κ2) is 5.81. The van der Waals surface area contributed by atoms with Crippen LogP contribution in [-0.2, 0) is 13.2 Å². The average Bonchev–Trinajstić information content (AvgIpc) is 2.82. The standard InChI is InChI=1S/C18H21N3O/c1-12-6-4-7-15(11-22)16(12)10-19-17-8-5-9-21-14(3)13(2)20-18(17)21/h4-9,19,22H,10-11H2,1-3H3. The third kappa shape index (κ3) is 2.46. The molecule has 22 heavy (non-hydrogen) atoms. The van der Waals surface area contributed by atoms with Gasteiger partial charge in [-0.15, -0.1) is 0 Å². The van der Waals surface area contributed by atoms with Crippen LogP contribution >= 0.6 is 0 Å². The van der Waals surface area contributed by atoms with E-state index in [9.17, 15) is 5.11 Å². The first kappa shape index (κ1) is 14.6. The molecule has 0 saturated heterocycles. The highest BCUT2D eigenvalue weighted by molar-refractivity contribution is 5.68. The van der Waals surface area contributed by atoms with Crippen LogP contribution in [0.1, 0.15) is 28.1 Å². The number of hydrogen-bond donors (Lipinski definition) is 2. The first-order valence-corrected chi connectivity index (χ1v) is 7.48. The van der Waals surface area contributed by atoms with Gasteiger partial charge in [-0.2, -0.15) is 0 Å².